The number of nitrogens with one attached hydrogen (secondary N) is 1. The van der Waals surface area contributed by atoms with E-state index < -0.39 is 17.6 Å². The topological polar surface area (TPSA) is 75.4 Å². The van der Waals surface area contributed by atoms with Gasteiger partial charge < -0.3 is 14.7 Å². The van der Waals surface area contributed by atoms with Gasteiger partial charge in [-0.05, 0) is 24.3 Å². The number of amides is 2. The number of halogens is 3. The summed E-state index contributed by atoms with van der Waals surface area (Å²) >= 11 is 12.0. The van der Waals surface area contributed by atoms with Crippen LogP contribution in [0.1, 0.15) is 10.6 Å². The van der Waals surface area contributed by atoms with E-state index >= 15 is 0 Å². The summed E-state index contributed by atoms with van der Waals surface area (Å²) in [6.07, 6.45) is 0. The Balaban J connectivity index is 1.67. The van der Waals surface area contributed by atoms with E-state index in [9.17, 15) is 14.0 Å². The maximum atomic E-state index is 13.3. The molecule has 0 fully saturated rings. The van der Waals surface area contributed by atoms with Gasteiger partial charge in [0.05, 0.1) is 22.3 Å². The second kappa shape index (κ2) is 8.41. The molecule has 2 aromatic carbocycles. The first-order valence-corrected chi connectivity index (χ1v) is 8.82. The Morgan fingerprint density at radius 1 is 1.14 bits per heavy atom. The Hall–Kier alpha value is -2.90. The molecule has 0 spiro atoms. The normalized spacial score (nSPS) is 10.6. The van der Waals surface area contributed by atoms with Gasteiger partial charge in [0, 0.05) is 18.7 Å². The largest absolute Gasteiger partial charge is 0.350 e. The molecule has 0 aliphatic heterocycles. The number of rotatable bonds is 5. The van der Waals surface area contributed by atoms with E-state index in [-0.39, 0.29) is 28.0 Å². The third-order valence-corrected chi connectivity index (χ3v) is 4.43. The highest BCUT2D eigenvalue weighted by atomic mass is 35.5. The highest BCUT2D eigenvalue weighted by molar-refractivity contribution is 6.39. The van der Waals surface area contributed by atoms with Crippen LogP contribution in [-0.2, 0) is 4.79 Å². The van der Waals surface area contributed by atoms with E-state index in [0.717, 1.165) is 4.90 Å². The molecule has 0 unspecified atom stereocenters. The lowest BCUT2D eigenvalue weighted by Gasteiger charge is -2.16. The SMILES string of the molecule is CN(CC(=O)Nc1c(Cl)cccc1Cl)C(=O)c1cc(-c2cccc(F)c2)no1. The standard InChI is InChI=1S/C19H14Cl2FN3O3/c1-25(10-17(26)23-18-13(20)6-3-7-14(18)21)19(27)16-9-15(24-28-16)11-4-2-5-12(22)8-11/h2-9H,10H2,1H3,(H,23,26). The first kappa shape index (κ1) is 19.9. The predicted octanol–water partition coefficient (Wildman–Crippen LogP) is 4.50. The molecule has 0 bridgehead atoms. The van der Waals surface area contributed by atoms with Crippen LogP contribution < -0.4 is 5.32 Å². The van der Waals surface area contributed by atoms with Crippen LogP contribution in [0.5, 0.6) is 0 Å². The van der Waals surface area contributed by atoms with E-state index in [1.807, 2.05) is 0 Å². The van der Waals surface area contributed by atoms with E-state index in [2.05, 4.69) is 10.5 Å². The van der Waals surface area contributed by atoms with Gasteiger partial charge in [-0.3, -0.25) is 9.59 Å². The van der Waals surface area contributed by atoms with Crippen LogP contribution in [0.4, 0.5) is 10.1 Å². The molecule has 0 saturated carbocycles. The van der Waals surface area contributed by atoms with Gasteiger partial charge in [0.25, 0.3) is 5.91 Å². The minimum absolute atomic E-state index is 0.0784. The number of likely N-dealkylation sites (N-methyl/N-ethyl adjacent to an activating group) is 1. The summed E-state index contributed by atoms with van der Waals surface area (Å²) in [5, 5.41) is 6.91. The van der Waals surface area contributed by atoms with Gasteiger partial charge in [0.2, 0.25) is 11.7 Å². The fraction of sp³-hybridized carbons (Fsp3) is 0.105. The number of aromatic nitrogens is 1. The van der Waals surface area contributed by atoms with Gasteiger partial charge in [-0.25, -0.2) is 4.39 Å². The zero-order valence-corrected chi connectivity index (χ0v) is 16.1. The van der Waals surface area contributed by atoms with Gasteiger partial charge in [0.15, 0.2) is 0 Å². The molecule has 6 nitrogen and oxygen atoms in total. The molecule has 2 amide bonds. The van der Waals surface area contributed by atoms with Crippen molar-refractivity contribution >= 4 is 40.7 Å². The number of hydrogen-bond donors (Lipinski definition) is 1. The molecule has 28 heavy (non-hydrogen) atoms. The van der Waals surface area contributed by atoms with Crippen LogP contribution in [-0.4, -0.2) is 35.5 Å². The van der Waals surface area contributed by atoms with Crippen molar-refractivity contribution in [2.45, 2.75) is 0 Å². The summed E-state index contributed by atoms with van der Waals surface area (Å²) in [6.45, 7) is -0.267. The van der Waals surface area contributed by atoms with Gasteiger partial charge in [-0.1, -0.05) is 46.6 Å². The molecule has 0 saturated heterocycles. The first-order valence-electron chi connectivity index (χ1n) is 8.07. The number of para-hydroxylation sites is 1. The van der Waals surface area contributed by atoms with Gasteiger partial charge in [0.1, 0.15) is 11.5 Å². The lowest BCUT2D eigenvalue weighted by Crippen LogP contribution is -2.34. The van der Waals surface area contributed by atoms with Crippen molar-refractivity contribution < 1.29 is 18.5 Å². The van der Waals surface area contributed by atoms with Crippen LogP contribution in [0.15, 0.2) is 53.1 Å². The molecule has 0 aliphatic carbocycles. The fourth-order valence-electron chi connectivity index (χ4n) is 2.43. The number of hydrogen-bond acceptors (Lipinski definition) is 4. The summed E-state index contributed by atoms with van der Waals surface area (Å²) < 4.78 is 18.4. The van der Waals surface area contributed by atoms with Crippen molar-refractivity contribution in [1.29, 1.82) is 0 Å². The fourth-order valence-corrected chi connectivity index (χ4v) is 2.92. The number of carbonyl (C=O) groups is 2. The van der Waals surface area contributed by atoms with Crippen molar-refractivity contribution in [3.63, 3.8) is 0 Å². The number of carbonyl (C=O) groups excluding carboxylic acids is 2. The molecule has 9 heteroatoms. The smallest absolute Gasteiger partial charge is 0.292 e. The molecule has 0 atom stereocenters. The second-order valence-corrected chi connectivity index (χ2v) is 6.71. The molecule has 1 aromatic heterocycles. The van der Waals surface area contributed by atoms with Gasteiger partial charge in [-0.15, -0.1) is 0 Å². The van der Waals surface area contributed by atoms with Crippen molar-refractivity contribution in [3.05, 3.63) is 70.2 Å². The minimum atomic E-state index is -0.560. The van der Waals surface area contributed by atoms with Gasteiger partial charge in [-0.2, -0.15) is 0 Å². The second-order valence-electron chi connectivity index (χ2n) is 5.89. The van der Waals surface area contributed by atoms with Gasteiger partial charge >= 0.3 is 0 Å². The Labute approximate surface area is 169 Å². The van der Waals surface area contributed by atoms with E-state index in [1.165, 1.54) is 31.3 Å². The quantitative estimate of drug-likeness (QED) is 0.657. The lowest BCUT2D eigenvalue weighted by molar-refractivity contribution is -0.116. The zero-order chi connectivity index (χ0) is 20.3. The van der Waals surface area contributed by atoms with Crippen molar-refractivity contribution in [3.8, 4) is 11.3 Å². The predicted molar refractivity (Wildman–Crippen MR) is 104 cm³/mol. The summed E-state index contributed by atoms with van der Waals surface area (Å²) in [4.78, 5) is 25.8. The summed E-state index contributed by atoms with van der Waals surface area (Å²) in [7, 11) is 1.43. The summed E-state index contributed by atoms with van der Waals surface area (Å²) in [5.74, 6) is -1.56. The molecule has 1 N–H and O–H groups in total. The third-order valence-electron chi connectivity index (χ3n) is 3.80. The third kappa shape index (κ3) is 4.49. The highest BCUT2D eigenvalue weighted by Crippen LogP contribution is 2.29. The Morgan fingerprint density at radius 2 is 1.82 bits per heavy atom. The average Bonchev–Trinajstić information content (AvgIpc) is 3.14. The van der Waals surface area contributed by atoms with Crippen LogP contribution in [0, 0.1) is 5.82 Å². The van der Waals surface area contributed by atoms with Crippen LogP contribution in [0.25, 0.3) is 11.3 Å². The number of benzene rings is 2. The molecular formula is C19H14Cl2FN3O3. The Kier molecular flexibility index (Phi) is 5.96. The maximum Gasteiger partial charge on any atom is 0.292 e. The molecule has 3 rings (SSSR count). The van der Waals surface area contributed by atoms with Crippen molar-refractivity contribution in [2.24, 2.45) is 0 Å². The van der Waals surface area contributed by atoms with Crippen molar-refractivity contribution in [2.75, 3.05) is 18.9 Å². The summed E-state index contributed by atoms with van der Waals surface area (Å²) in [6, 6.07) is 11.9. The summed E-state index contributed by atoms with van der Waals surface area (Å²) in [5.41, 5.74) is 1.05. The minimum Gasteiger partial charge on any atom is -0.350 e. The molecule has 0 aliphatic rings. The van der Waals surface area contributed by atoms with E-state index in [1.54, 1.807) is 24.3 Å². The highest BCUT2D eigenvalue weighted by Gasteiger charge is 2.21. The number of nitrogens with zero attached hydrogens (tertiary/aromatic N) is 2. The van der Waals surface area contributed by atoms with E-state index in [0.29, 0.717) is 11.3 Å². The zero-order valence-electron chi connectivity index (χ0n) is 14.6. The molecule has 0 radical (unpaired) electrons. The monoisotopic (exact) mass is 421 g/mol. The lowest BCUT2D eigenvalue weighted by atomic mass is 10.1. The van der Waals surface area contributed by atoms with E-state index in [4.69, 9.17) is 27.7 Å². The van der Waals surface area contributed by atoms with Crippen LogP contribution in [0.2, 0.25) is 10.0 Å². The van der Waals surface area contributed by atoms with Crippen molar-refractivity contribution in [1.82, 2.24) is 10.1 Å². The number of anilines is 1. The van der Waals surface area contributed by atoms with Crippen LogP contribution >= 0.6 is 23.2 Å². The van der Waals surface area contributed by atoms with Crippen LogP contribution in [0.3, 0.4) is 0 Å². The molecular weight excluding hydrogens is 408 g/mol. The first-order chi connectivity index (χ1) is 13.3. The maximum absolute atomic E-state index is 13.3. The molecule has 1 heterocycles. The molecule has 3 aromatic rings. The Bertz CT molecular complexity index is 1020. The Morgan fingerprint density at radius 3 is 2.50 bits per heavy atom. The average molecular weight is 422 g/mol. The molecule has 144 valence electrons.